The monoisotopic (exact) mass is 347 g/mol. The maximum Gasteiger partial charge on any atom is 0.235 e. The van der Waals surface area contributed by atoms with Crippen molar-refractivity contribution in [1.82, 2.24) is 5.16 Å². The highest BCUT2D eigenvalue weighted by Crippen LogP contribution is 2.21. The number of para-hydroxylation sites is 1. The Labute approximate surface area is 145 Å². The number of carbonyl (C=O) groups excluding carboxylic acids is 2. The molecule has 0 fully saturated rings. The van der Waals surface area contributed by atoms with Gasteiger partial charge in [0.25, 0.3) is 0 Å². The number of nitrogens with zero attached hydrogens (tertiary/aromatic N) is 1. The normalized spacial score (nSPS) is 10.5. The minimum atomic E-state index is -0.216. The quantitative estimate of drug-likeness (QED) is 0.804. The van der Waals surface area contributed by atoms with Crippen LogP contribution in [-0.4, -0.2) is 28.5 Å². The van der Waals surface area contributed by atoms with Crippen molar-refractivity contribution >= 4 is 35.1 Å². The molecular formula is C17H21N3O3S. The Morgan fingerprint density at radius 2 is 1.88 bits per heavy atom. The number of rotatable bonds is 7. The summed E-state index contributed by atoms with van der Waals surface area (Å²) in [5, 5.41) is 9.24. The molecule has 0 unspecified atom stereocenters. The highest BCUT2D eigenvalue weighted by molar-refractivity contribution is 8.00. The number of anilines is 2. The molecule has 2 aromatic rings. The Morgan fingerprint density at radius 1 is 1.17 bits per heavy atom. The topological polar surface area (TPSA) is 84.2 Å². The van der Waals surface area contributed by atoms with Gasteiger partial charge in [0.1, 0.15) is 5.76 Å². The largest absolute Gasteiger partial charge is 0.360 e. The lowest BCUT2D eigenvalue weighted by Crippen LogP contribution is -2.19. The third-order valence-corrected chi connectivity index (χ3v) is 4.30. The summed E-state index contributed by atoms with van der Waals surface area (Å²) in [4.78, 5) is 23.9. The number of aromatic nitrogens is 1. The van der Waals surface area contributed by atoms with Gasteiger partial charge in [-0.25, -0.2) is 0 Å². The molecule has 1 heterocycles. The van der Waals surface area contributed by atoms with E-state index in [0.717, 1.165) is 23.2 Å². The van der Waals surface area contributed by atoms with Crippen molar-refractivity contribution < 1.29 is 14.1 Å². The van der Waals surface area contributed by atoms with Crippen LogP contribution in [0.5, 0.6) is 0 Å². The van der Waals surface area contributed by atoms with Crippen LogP contribution in [0, 0.1) is 13.8 Å². The number of aryl methyl sites for hydroxylation is 3. The zero-order chi connectivity index (χ0) is 17.5. The molecule has 0 aliphatic rings. The van der Waals surface area contributed by atoms with Gasteiger partial charge in [0.2, 0.25) is 11.8 Å². The molecule has 7 heteroatoms. The molecule has 0 spiro atoms. The van der Waals surface area contributed by atoms with Gasteiger partial charge in [-0.1, -0.05) is 30.3 Å². The lowest BCUT2D eigenvalue weighted by molar-refractivity contribution is -0.114. The Balaban J connectivity index is 1.78. The molecule has 128 valence electrons. The van der Waals surface area contributed by atoms with Gasteiger partial charge in [-0.15, -0.1) is 11.8 Å². The molecule has 0 atom stereocenters. The van der Waals surface area contributed by atoms with Crippen molar-refractivity contribution in [2.45, 2.75) is 27.2 Å². The molecule has 2 rings (SSSR count). The standard InChI is InChI=1S/C17H21N3O3S/c1-4-13-7-5-6-11(2)17(13)19-16(22)10-24-9-15(21)18-14-8-12(3)23-20-14/h5-8H,4,9-10H2,1-3H3,(H,19,22)(H,18,20,21). The summed E-state index contributed by atoms with van der Waals surface area (Å²) < 4.78 is 4.87. The van der Waals surface area contributed by atoms with Gasteiger partial charge in [-0.2, -0.15) is 0 Å². The molecule has 0 bridgehead atoms. The maximum absolute atomic E-state index is 12.1. The predicted octanol–water partition coefficient (Wildman–Crippen LogP) is 3.16. The molecule has 24 heavy (non-hydrogen) atoms. The van der Waals surface area contributed by atoms with Crippen LogP contribution in [-0.2, 0) is 16.0 Å². The summed E-state index contributed by atoms with van der Waals surface area (Å²) in [7, 11) is 0. The van der Waals surface area contributed by atoms with E-state index in [9.17, 15) is 9.59 Å². The SMILES string of the molecule is CCc1cccc(C)c1NC(=O)CSCC(=O)Nc1cc(C)on1. The summed E-state index contributed by atoms with van der Waals surface area (Å²) in [6.45, 7) is 5.77. The third-order valence-electron chi connectivity index (χ3n) is 3.37. The summed E-state index contributed by atoms with van der Waals surface area (Å²) in [5.41, 5.74) is 3.01. The van der Waals surface area contributed by atoms with Gasteiger partial charge in [0.15, 0.2) is 5.82 Å². The van der Waals surface area contributed by atoms with E-state index < -0.39 is 0 Å². The van der Waals surface area contributed by atoms with E-state index in [4.69, 9.17) is 4.52 Å². The molecule has 1 aromatic heterocycles. The van der Waals surface area contributed by atoms with Gasteiger partial charge in [-0.3, -0.25) is 9.59 Å². The van der Waals surface area contributed by atoms with Crippen LogP contribution in [0.4, 0.5) is 11.5 Å². The van der Waals surface area contributed by atoms with E-state index in [1.165, 1.54) is 11.8 Å². The number of nitrogens with one attached hydrogen (secondary N) is 2. The zero-order valence-corrected chi connectivity index (χ0v) is 14.8. The highest BCUT2D eigenvalue weighted by Gasteiger charge is 2.11. The Morgan fingerprint density at radius 3 is 2.50 bits per heavy atom. The number of hydrogen-bond donors (Lipinski definition) is 2. The minimum absolute atomic E-state index is 0.117. The molecule has 6 nitrogen and oxygen atoms in total. The van der Waals surface area contributed by atoms with Gasteiger partial charge < -0.3 is 15.2 Å². The molecule has 1 aromatic carbocycles. The summed E-state index contributed by atoms with van der Waals surface area (Å²) >= 11 is 1.25. The number of carbonyl (C=O) groups is 2. The first-order valence-electron chi connectivity index (χ1n) is 7.69. The predicted molar refractivity (Wildman–Crippen MR) is 96.4 cm³/mol. The molecule has 0 aliphatic heterocycles. The second-order valence-electron chi connectivity index (χ2n) is 5.37. The van der Waals surface area contributed by atoms with E-state index in [-0.39, 0.29) is 23.3 Å². The lowest BCUT2D eigenvalue weighted by Gasteiger charge is -2.12. The third kappa shape index (κ3) is 5.13. The second kappa shape index (κ2) is 8.54. The van der Waals surface area contributed by atoms with Crippen LogP contribution in [0.25, 0.3) is 0 Å². The fraction of sp³-hybridized carbons (Fsp3) is 0.353. The molecule has 0 aliphatic carbocycles. The first-order valence-corrected chi connectivity index (χ1v) is 8.84. The van der Waals surface area contributed by atoms with Crippen molar-refractivity contribution in [2.75, 3.05) is 22.1 Å². The first kappa shape index (κ1) is 18.1. The van der Waals surface area contributed by atoms with Crippen molar-refractivity contribution in [3.05, 3.63) is 41.2 Å². The van der Waals surface area contributed by atoms with Crippen molar-refractivity contribution in [1.29, 1.82) is 0 Å². The molecule has 0 saturated carbocycles. The highest BCUT2D eigenvalue weighted by atomic mass is 32.2. The number of hydrogen-bond acceptors (Lipinski definition) is 5. The van der Waals surface area contributed by atoms with Gasteiger partial charge in [0.05, 0.1) is 11.5 Å². The molecule has 0 saturated heterocycles. The number of thioether (sulfide) groups is 1. The van der Waals surface area contributed by atoms with E-state index in [1.807, 2.05) is 25.1 Å². The summed E-state index contributed by atoms with van der Waals surface area (Å²) in [6, 6.07) is 7.59. The lowest BCUT2D eigenvalue weighted by atomic mass is 10.1. The van der Waals surface area contributed by atoms with Crippen LogP contribution < -0.4 is 10.6 Å². The van der Waals surface area contributed by atoms with E-state index >= 15 is 0 Å². The Kier molecular flexibility index (Phi) is 6.43. The smallest absolute Gasteiger partial charge is 0.235 e. The Bertz CT molecular complexity index is 728. The number of amides is 2. The van der Waals surface area contributed by atoms with Crippen LogP contribution in [0.1, 0.15) is 23.8 Å². The van der Waals surface area contributed by atoms with Gasteiger partial charge in [-0.05, 0) is 31.4 Å². The van der Waals surface area contributed by atoms with Crippen LogP contribution >= 0.6 is 11.8 Å². The van der Waals surface area contributed by atoms with Crippen molar-refractivity contribution in [2.24, 2.45) is 0 Å². The minimum Gasteiger partial charge on any atom is -0.360 e. The Hall–Kier alpha value is -2.28. The fourth-order valence-electron chi connectivity index (χ4n) is 2.22. The second-order valence-corrected chi connectivity index (χ2v) is 6.36. The molecule has 0 radical (unpaired) electrons. The van der Waals surface area contributed by atoms with Gasteiger partial charge >= 0.3 is 0 Å². The average Bonchev–Trinajstić information content (AvgIpc) is 2.94. The average molecular weight is 347 g/mol. The maximum atomic E-state index is 12.1. The molecule has 2 amide bonds. The van der Waals surface area contributed by atoms with Crippen LogP contribution in [0.3, 0.4) is 0 Å². The van der Waals surface area contributed by atoms with E-state index in [1.54, 1.807) is 13.0 Å². The first-order chi connectivity index (χ1) is 11.5. The van der Waals surface area contributed by atoms with E-state index in [2.05, 4.69) is 22.7 Å². The summed E-state index contributed by atoms with van der Waals surface area (Å²) in [6.07, 6.45) is 0.851. The van der Waals surface area contributed by atoms with Crippen LogP contribution in [0.2, 0.25) is 0 Å². The summed E-state index contributed by atoms with van der Waals surface area (Å²) in [5.74, 6) is 1.06. The fourth-order valence-corrected chi connectivity index (χ4v) is 2.84. The molecule has 2 N–H and O–H groups in total. The number of benzene rings is 1. The van der Waals surface area contributed by atoms with Crippen molar-refractivity contribution in [3.8, 4) is 0 Å². The van der Waals surface area contributed by atoms with E-state index in [0.29, 0.717) is 11.6 Å². The van der Waals surface area contributed by atoms with Crippen LogP contribution in [0.15, 0.2) is 28.8 Å². The molecular weight excluding hydrogens is 326 g/mol. The van der Waals surface area contributed by atoms with Crippen molar-refractivity contribution in [3.63, 3.8) is 0 Å². The van der Waals surface area contributed by atoms with Gasteiger partial charge in [0, 0.05) is 11.8 Å². The zero-order valence-electron chi connectivity index (χ0n) is 14.0.